The van der Waals surface area contributed by atoms with Crippen LogP contribution < -0.4 is 5.48 Å². The Kier molecular flexibility index (Phi) is 2.90. The van der Waals surface area contributed by atoms with Crippen molar-refractivity contribution in [2.75, 3.05) is 6.61 Å². The molecule has 1 heterocycles. The molecule has 1 N–H and O–H groups in total. The lowest BCUT2D eigenvalue weighted by molar-refractivity contribution is -0.236. The Balaban J connectivity index is 2.33. The van der Waals surface area contributed by atoms with Gasteiger partial charge in [0.1, 0.15) is 6.61 Å². The number of hydroxylamine groups is 1. The van der Waals surface area contributed by atoms with Gasteiger partial charge in [-0.25, -0.2) is 5.48 Å². The molecule has 0 saturated carbocycles. The van der Waals surface area contributed by atoms with Crippen molar-refractivity contribution in [2.24, 2.45) is 0 Å². The van der Waals surface area contributed by atoms with E-state index in [0.717, 1.165) is 0 Å². The van der Waals surface area contributed by atoms with Crippen molar-refractivity contribution < 1.29 is 19.4 Å². The number of amides is 1. The predicted molar refractivity (Wildman–Crippen MR) is 44.1 cm³/mol. The van der Waals surface area contributed by atoms with Crippen LogP contribution in [0.1, 0.15) is 20.8 Å². The summed E-state index contributed by atoms with van der Waals surface area (Å²) in [6.45, 7) is 5.77. The molecule has 74 valence electrons. The molecule has 0 fully saturated rings. The molecule has 1 rings (SSSR count). The van der Waals surface area contributed by atoms with Crippen molar-refractivity contribution in [3.8, 4) is 0 Å². The second-order valence-corrected chi connectivity index (χ2v) is 3.58. The van der Waals surface area contributed by atoms with E-state index in [-0.39, 0.29) is 12.4 Å². The Labute approximate surface area is 76.5 Å². The van der Waals surface area contributed by atoms with Gasteiger partial charge >= 0.3 is 5.91 Å². The van der Waals surface area contributed by atoms with E-state index in [1.54, 1.807) is 0 Å². The maximum absolute atomic E-state index is 11.2. The van der Waals surface area contributed by atoms with Crippen LogP contribution >= 0.6 is 0 Å². The Morgan fingerprint density at radius 2 is 2.31 bits per heavy atom. The molecular weight excluding hydrogens is 174 g/mol. The van der Waals surface area contributed by atoms with E-state index in [4.69, 9.17) is 4.84 Å². The monoisotopic (exact) mass is 187 g/mol. The zero-order chi connectivity index (χ0) is 9.90. The molecule has 5 heteroatoms. The second kappa shape index (κ2) is 3.76. The predicted octanol–water partition coefficient (Wildman–Crippen LogP) is 0.678. The van der Waals surface area contributed by atoms with E-state index in [9.17, 15) is 4.79 Å². The lowest BCUT2D eigenvalue weighted by Crippen LogP contribution is -2.34. The third kappa shape index (κ3) is 3.43. The molecule has 13 heavy (non-hydrogen) atoms. The molecule has 1 amide bonds. The molecule has 0 aliphatic carbocycles. The van der Waals surface area contributed by atoms with Crippen LogP contribution in [-0.2, 0) is 19.4 Å². The van der Waals surface area contributed by atoms with E-state index in [0.29, 0.717) is 0 Å². The molecule has 0 atom stereocenters. The number of carbonyl (C=O) groups excluding carboxylic acids is 1. The zero-order valence-electron chi connectivity index (χ0n) is 7.92. The molecule has 0 saturated heterocycles. The van der Waals surface area contributed by atoms with E-state index in [1.165, 1.54) is 6.08 Å². The third-order valence-corrected chi connectivity index (χ3v) is 1.16. The molecule has 5 nitrogen and oxygen atoms in total. The van der Waals surface area contributed by atoms with Gasteiger partial charge in [-0.2, -0.15) is 4.89 Å². The van der Waals surface area contributed by atoms with Gasteiger partial charge in [-0.15, -0.1) is 0 Å². The van der Waals surface area contributed by atoms with Crippen LogP contribution in [0, 0.1) is 0 Å². The highest BCUT2D eigenvalue weighted by Crippen LogP contribution is 2.08. The van der Waals surface area contributed by atoms with Gasteiger partial charge in [-0.1, -0.05) is 0 Å². The molecule has 0 bridgehead atoms. The molecule has 0 radical (unpaired) electrons. The SMILES string of the molecule is CC(C)(C)ONC(=O)C1=CCOO1. The van der Waals surface area contributed by atoms with Crippen molar-refractivity contribution >= 4 is 5.91 Å². The van der Waals surface area contributed by atoms with E-state index >= 15 is 0 Å². The van der Waals surface area contributed by atoms with Gasteiger partial charge in [0.25, 0.3) is 0 Å². The van der Waals surface area contributed by atoms with E-state index in [1.807, 2.05) is 20.8 Å². The maximum atomic E-state index is 11.2. The van der Waals surface area contributed by atoms with Crippen molar-refractivity contribution in [1.29, 1.82) is 0 Å². The quantitative estimate of drug-likeness (QED) is 0.510. The van der Waals surface area contributed by atoms with E-state index < -0.39 is 11.5 Å². The summed E-state index contributed by atoms with van der Waals surface area (Å²) in [5, 5.41) is 0. The molecule has 0 aromatic rings. The Hall–Kier alpha value is -1.07. The first kappa shape index (κ1) is 10.0. The van der Waals surface area contributed by atoms with Crippen LogP contribution in [0.3, 0.4) is 0 Å². The van der Waals surface area contributed by atoms with Crippen LogP contribution in [0.15, 0.2) is 11.8 Å². The zero-order valence-corrected chi connectivity index (χ0v) is 7.92. The van der Waals surface area contributed by atoms with E-state index in [2.05, 4.69) is 15.3 Å². The van der Waals surface area contributed by atoms with Crippen LogP contribution in [0.4, 0.5) is 0 Å². The first-order chi connectivity index (χ1) is 5.99. The summed E-state index contributed by atoms with van der Waals surface area (Å²) in [7, 11) is 0. The average Bonchev–Trinajstić information content (AvgIpc) is 2.50. The minimum Gasteiger partial charge on any atom is -0.331 e. The van der Waals surface area contributed by atoms with Gasteiger partial charge in [0.15, 0.2) is 0 Å². The fourth-order valence-electron chi connectivity index (χ4n) is 0.622. The normalized spacial score (nSPS) is 16.4. The van der Waals surface area contributed by atoms with Crippen molar-refractivity contribution in [3.63, 3.8) is 0 Å². The largest absolute Gasteiger partial charge is 0.331 e. The average molecular weight is 187 g/mol. The lowest BCUT2D eigenvalue weighted by Gasteiger charge is -2.18. The molecular formula is C8H13NO4. The third-order valence-electron chi connectivity index (χ3n) is 1.16. The highest BCUT2D eigenvalue weighted by molar-refractivity contribution is 5.90. The number of nitrogens with one attached hydrogen (secondary N) is 1. The number of hydrogen-bond acceptors (Lipinski definition) is 4. The van der Waals surface area contributed by atoms with Crippen molar-refractivity contribution in [3.05, 3.63) is 11.8 Å². The number of carbonyl (C=O) groups is 1. The molecule has 1 aliphatic heterocycles. The molecule has 0 aromatic heterocycles. The van der Waals surface area contributed by atoms with Gasteiger partial charge in [-0.05, 0) is 26.8 Å². The van der Waals surface area contributed by atoms with Gasteiger partial charge in [0.2, 0.25) is 5.76 Å². The Morgan fingerprint density at radius 3 is 2.77 bits per heavy atom. The Morgan fingerprint density at radius 1 is 1.62 bits per heavy atom. The van der Waals surface area contributed by atoms with Crippen molar-refractivity contribution in [2.45, 2.75) is 26.4 Å². The first-order valence-corrected chi connectivity index (χ1v) is 3.97. The van der Waals surface area contributed by atoms with Crippen molar-refractivity contribution in [1.82, 2.24) is 5.48 Å². The van der Waals surface area contributed by atoms with Gasteiger partial charge in [0, 0.05) is 0 Å². The maximum Gasteiger partial charge on any atom is 0.313 e. The highest BCUT2D eigenvalue weighted by Gasteiger charge is 2.19. The first-order valence-electron chi connectivity index (χ1n) is 3.97. The summed E-state index contributed by atoms with van der Waals surface area (Å²) in [6.07, 6.45) is 1.53. The summed E-state index contributed by atoms with van der Waals surface area (Å²) in [5.41, 5.74) is 1.83. The molecule has 0 spiro atoms. The van der Waals surface area contributed by atoms with Gasteiger partial charge < -0.3 is 4.89 Å². The molecule has 0 aromatic carbocycles. The van der Waals surface area contributed by atoms with Gasteiger partial charge in [-0.3, -0.25) is 9.63 Å². The Bertz CT molecular complexity index is 229. The minimum atomic E-state index is -0.438. The minimum absolute atomic E-state index is 0.129. The van der Waals surface area contributed by atoms with Crippen LogP contribution in [0.25, 0.3) is 0 Å². The summed E-state index contributed by atoms with van der Waals surface area (Å²) in [5.74, 6) is -0.309. The van der Waals surface area contributed by atoms with Crippen LogP contribution in [-0.4, -0.2) is 18.1 Å². The van der Waals surface area contributed by atoms with Crippen LogP contribution in [0.2, 0.25) is 0 Å². The molecule has 0 unspecified atom stereocenters. The fourth-order valence-corrected chi connectivity index (χ4v) is 0.622. The fraction of sp³-hybridized carbons (Fsp3) is 0.625. The number of rotatable bonds is 2. The second-order valence-electron chi connectivity index (χ2n) is 3.58. The van der Waals surface area contributed by atoms with Crippen LogP contribution in [0.5, 0.6) is 0 Å². The molecule has 1 aliphatic rings. The lowest BCUT2D eigenvalue weighted by atomic mass is 10.2. The smallest absolute Gasteiger partial charge is 0.313 e. The number of hydrogen-bond donors (Lipinski definition) is 1. The summed E-state index contributed by atoms with van der Waals surface area (Å²) in [6, 6.07) is 0. The summed E-state index contributed by atoms with van der Waals surface area (Å²) >= 11 is 0. The summed E-state index contributed by atoms with van der Waals surface area (Å²) < 4.78 is 0. The standard InChI is InChI=1S/C8H13NO4/c1-8(2,3)13-9-7(10)6-4-5-11-12-6/h4H,5H2,1-3H3,(H,9,10). The highest BCUT2D eigenvalue weighted by atomic mass is 17.2. The topological polar surface area (TPSA) is 56.8 Å². The van der Waals surface area contributed by atoms with Gasteiger partial charge in [0.05, 0.1) is 5.60 Å². The summed E-state index contributed by atoms with van der Waals surface area (Å²) in [4.78, 5) is 25.3.